The number of aliphatic hydroxyl groups is 1. The van der Waals surface area contributed by atoms with Gasteiger partial charge in [-0.3, -0.25) is 4.79 Å². The first-order chi connectivity index (χ1) is 8.69. The van der Waals surface area contributed by atoms with E-state index in [4.69, 9.17) is 0 Å². The molecule has 1 spiro atoms. The molecule has 3 nitrogen and oxygen atoms in total. The minimum absolute atomic E-state index is 0.272. The Hall–Kier alpha value is -0.570. The van der Waals surface area contributed by atoms with Crippen molar-refractivity contribution in [3.63, 3.8) is 0 Å². The van der Waals surface area contributed by atoms with Gasteiger partial charge in [0.1, 0.15) is 0 Å². The van der Waals surface area contributed by atoms with Gasteiger partial charge in [-0.2, -0.15) is 0 Å². The average molecular weight is 251 g/mol. The number of β-amino-alcohol motifs (C(OH)–C–C–N with tert-alkyl or cyclic N) is 1. The Morgan fingerprint density at radius 1 is 1.11 bits per heavy atom. The fourth-order valence-corrected chi connectivity index (χ4v) is 4.25. The zero-order valence-electron chi connectivity index (χ0n) is 11.2. The fraction of sp³-hybridized carbons (Fsp3) is 0.933. The van der Waals surface area contributed by atoms with E-state index < -0.39 is 0 Å². The quantitative estimate of drug-likeness (QED) is 0.777. The Morgan fingerprint density at radius 3 is 2.33 bits per heavy atom. The lowest BCUT2D eigenvalue weighted by Crippen LogP contribution is -2.46. The van der Waals surface area contributed by atoms with Gasteiger partial charge in [0.15, 0.2) is 0 Å². The predicted molar refractivity (Wildman–Crippen MR) is 70.1 cm³/mol. The topological polar surface area (TPSA) is 40.5 Å². The highest BCUT2D eigenvalue weighted by Crippen LogP contribution is 2.54. The van der Waals surface area contributed by atoms with Gasteiger partial charge in [0.05, 0.1) is 6.10 Å². The predicted octanol–water partition coefficient (Wildman–Crippen LogP) is 2.33. The second-order valence-electron chi connectivity index (χ2n) is 6.75. The van der Waals surface area contributed by atoms with Gasteiger partial charge in [-0.1, -0.05) is 25.7 Å². The van der Waals surface area contributed by atoms with E-state index in [-0.39, 0.29) is 12.0 Å². The largest absolute Gasteiger partial charge is 0.391 e. The van der Waals surface area contributed by atoms with Gasteiger partial charge >= 0.3 is 0 Å². The van der Waals surface area contributed by atoms with Crippen LogP contribution in [0.2, 0.25) is 0 Å². The summed E-state index contributed by atoms with van der Waals surface area (Å²) in [4.78, 5) is 14.2. The summed E-state index contributed by atoms with van der Waals surface area (Å²) in [5, 5.41) is 9.51. The molecule has 102 valence electrons. The molecule has 3 heteroatoms. The summed E-state index contributed by atoms with van der Waals surface area (Å²) in [5.41, 5.74) is 0.523. The number of likely N-dealkylation sites (tertiary alicyclic amines) is 1. The van der Waals surface area contributed by atoms with E-state index in [1.807, 2.05) is 4.90 Å². The number of hydrogen-bond donors (Lipinski definition) is 1. The van der Waals surface area contributed by atoms with Crippen LogP contribution >= 0.6 is 0 Å². The van der Waals surface area contributed by atoms with E-state index >= 15 is 0 Å². The van der Waals surface area contributed by atoms with Crippen molar-refractivity contribution in [1.29, 1.82) is 0 Å². The third-order valence-electron chi connectivity index (χ3n) is 5.35. The summed E-state index contributed by atoms with van der Waals surface area (Å²) < 4.78 is 0. The summed E-state index contributed by atoms with van der Waals surface area (Å²) >= 11 is 0. The van der Waals surface area contributed by atoms with Crippen molar-refractivity contribution in [2.24, 2.45) is 11.3 Å². The Balaban J connectivity index is 1.53. The van der Waals surface area contributed by atoms with Crippen molar-refractivity contribution in [3.8, 4) is 0 Å². The van der Waals surface area contributed by atoms with Crippen molar-refractivity contribution in [3.05, 3.63) is 0 Å². The zero-order valence-corrected chi connectivity index (χ0v) is 11.2. The molecule has 2 saturated carbocycles. The third kappa shape index (κ3) is 2.29. The molecule has 0 aromatic carbocycles. The highest BCUT2D eigenvalue weighted by molar-refractivity contribution is 5.80. The molecule has 1 saturated heterocycles. The molecule has 0 radical (unpaired) electrons. The molecule has 3 aliphatic rings. The standard InChI is InChI=1S/C15H25NO2/c17-13-5-8-16(11-13)14(18)12-9-15(10-12)6-3-1-2-4-7-15/h12-13,17H,1-11H2/t13-/m1/s1. The van der Waals surface area contributed by atoms with Crippen LogP contribution in [0, 0.1) is 11.3 Å². The van der Waals surface area contributed by atoms with E-state index in [0.29, 0.717) is 17.9 Å². The summed E-state index contributed by atoms with van der Waals surface area (Å²) in [6.07, 6.45) is 10.9. The second-order valence-corrected chi connectivity index (χ2v) is 6.75. The smallest absolute Gasteiger partial charge is 0.225 e. The number of rotatable bonds is 1. The highest BCUT2D eigenvalue weighted by atomic mass is 16.3. The maximum absolute atomic E-state index is 12.3. The van der Waals surface area contributed by atoms with Crippen LogP contribution in [0.25, 0.3) is 0 Å². The molecule has 3 fully saturated rings. The van der Waals surface area contributed by atoms with Gasteiger partial charge in [-0.25, -0.2) is 0 Å². The normalized spacial score (nSPS) is 32.3. The van der Waals surface area contributed by atoms with Gasteiger partial charge in [0.2, 0.25) is 5.91 Å². The molecular formula is C15H25NO2. The number of hydrogen-bond acceptors (Lipinski definition) is 2. The Kier molecular flexibility index (Phi) is 3.35. The number of carbonyl (C=O) groups excluding carboxylic acids is 1. The summed E-state index contributed by atoms with van der Waals surface area (Å²) in [6, 6.07) is 0. The molecule has 1 heterocycles. The van der Waals surface area contributed by atoms with Gasteiger partial charge < -0.3 is 10.0 Å². The Bertz CT molecular complexity index is 312. The summed E-state index contributed by atoms with van der Waals surface area (Å²) in [7, 11) is 0. The molecule has 1 atom stereocenters. The molecule has 2 aliphatic carbocycles. The fourth-order valence-electron chi connectivity index (χ4n) is 4.25. The lowest BCUT2D eigenvalue weighted by Gasteiger charge is -2.48. The number of nitrogens with zero attached hydrogens (tertiary/aromatic N) is 1. The average Bonchev–Trinajstić information content (AvgIpc) is 2.61. The lowest BCUT2D eigenvalue weighted by atomic mass is 9.58. The monoisotopic (exact) mass is 251 g/mol. The molecule has 0 unspecified atom stereocenters. The molecule has 18 heavy (non-hydrogen) atoms. The van der Waals surface area contributed by atoms with Crippen molar-refractivity contribution in [1.82, 2.24) is 4.90 Å². The van der Waals surface area contributed by atoms with E-state index in [2.05, 4.69) is 0 Å². The minimum Gasteiger partial charge on any atom is -0.391 e. The lowest BCUT2D eigenvalue weighted by molar-refractivity contribution is -0.143. The van der Waals surface area contributed by atoms with Crippen molar-refractivity contribution >= 4 is 5.91 Å². The molecule has 1 aliphatic heterocycles. The highest BCUT2D eigenvalue weighted by Gasteiger charge is 2.48. The van der Waals surface area contributed by atoms with Crippen LogP contribution in [0.4, 0.5) is 0 Å². The molecule has 3 rings (SSSR count). The van der Waals surface area contributed by atoms with Gasteiger partial charge in [0, 0.05) is 19.0 Å². The number of carbonyl (C=O) groups is 1. The zero-order chi connectivity index (χ0) is 12.6. The first-order valence-corrected chi connectivity index (χ1v) is 7.65. The van der Waals surface area contributed by atoms with Crippen molar-refractivity contribution < 1.29 is 9.90 Å². The van der Waals surface area contributed by atoms with Gasteiger partial charge in [-0.05, 0) is 37.5 Å². The van der Waals surface area contributed by atoms with Crippen LogP contribution < -0.4 is 0 Å². The molecule has 0 aromatic rings. The van der Waals surface area contributed by atoms with Crippen LogP contribution in [-0.2, 0) is 4.79 Å². The first-order valence-electron chi connectivity index (χ1n) is 7.65. The molecular weight excluding hydrogens is 226 g/mol. The molecule has 1 N–H and O–H groups in total. The van der Waals surface area contributed by atoms with E-state index in [1.165, 1.54) is 38.5 Å². The second kappa shape index (κ2) is 4.84. The van der Waals surface area contributed by atoms with Crippen LogP contribution in [0.1, 0.15) is 57.8 Å². The van der Waals surface area contributed by atoms with E-state index in [0.717, 1.165) is 25.8 Å². The van der Waals surface area contributed by atoms with E-state index in [9.17, 15) is 9.90 Å². The van der Waals surface area contributed by atoms with Crippen LogP contribution in [0.3, 0.4) is 0 Å². The minimum atomic E-state index is -0.277. The Morgan fingerprint density at radius 2 is 1.78 bits per heavy atom. The first kappa shape index (κ1) is 12.5. The van der Waals surface area contributed by atoms with Crippen LogP contribution in [0.5, 0.6) is 0 Å². The van der Waals surface area contributed by atoms with Gasteiger partial charge in [-0.15, -0.1) is 0 Å². The SMILES string of the molecule is O=C(C1CC2(CCCCCC2)C1)N1CC[C@@H](O)C1. The van der Waals surface area contributed by atoms with Gasteiger partial charge in [0.25, 0.3) is 0 Å². The molecule has 0 aromatic heterocycles. The van der Waals surface area contributed by atoms with Crippen LogP contribution in [0.15, 0.2) is 0 Å². The third-order valence-corrected chi connectivity index (χ3v) is 5.35. The molecule has 1 amide bonds. The van der Waals surface area contributed by atoms with E-state index in [1.54, 1.807) is 0 Å². The Labute approximate surface area is 110 Å². The van der Waals surface area contributed by atoms with Crippen molar-refractivity contribution in [2.75, 3.05) is 13.1 Å². The molecule has 0 bridgehead atoms. The maximum Gasteiger partial charge on any atom is 0.225 e. The number of aliphatic hydroxyl groups excluding tert-OH is 1. The summed E-state index contributed by atoms with van der Waals surface area (Å²) in [5.74, 6) is 0.592. The number of amides is 1. The maximum atomic E-state index is 12.3. The summed E-state index contributed by atoms with van der Waals surface area (Å²) in [6.45, 7) is 1.34. The van der Waals surface area contributed by atoms with Crippen molar-refractivity contribution in [2.45, 2.75) is 63.9 Å². The van der Waals surface area contributed by atoms with Crippen LogP contribution in [-0.4, -0.2) is 35.1 Å².